The summed E-state index contributed by atoms with van der Waals surface area (Å²) in [5.41, 5.74) is 0.440. The van der Waals surface area contributed by atoms with Crippen LogP contribution in [0.1, 0.15) is 12.0 Å². The normalized spacial score (nSPS) is 11.4. The number of rotatable bonds is 8. The molecule has 9 nitrogen and oxygen atoms in total. The van der Waals surface area contributed by atoms with Gasteiger partial charge in [-0.05, 0) is 29.8 Å². The van der Waals surface area contributed by atoms with Crippen LogP contribution in [0.3, 0.4) is 0 Å². The van der Waals surface area contributed by atoms with Crippen LogP contribution in [-0.4, -0.2) is 35.5 Å². The summed E-state index contributed by atoms with van der Waals surface area (Å²) in [6.45, 7) is 0.250. The van der Waals surface area contributed by atoms with Crippen LogP contribution in [0.2, 0.25) is 0 Å². The minimum atomic E-state index is -3.69. The third-order valence-corrected chi connectivity index (χ3v) is 6.36. The van der Waals surface area contributed by atoms with Crippen LogP contribution in [0.5, 0.6) is 0 Å². The van der Waals surface area contributed by atoms with E-state index < -0.39 is 21.1 Å². The van der Waals surface area contributed by atoms with Gasteiger partial charge in [-0.2, -0.15) is 4.31 Å². The van der Waals surface area contributed by atoms with E-state index in [0.29, 0.717) is 5.69 Å². The van der Waals surface area contributed by atoms with Crippen LogP contribution in [0.4, 0.5) is 5.69 Å². The number of hydrogen-bond donors (Lipinski definition) is 2. The summed E-state index contributed by atoms with van der Waals surface area (Å²) in [6, 6.07) is 17.3. The van der Waals surface area contributed by atoms with E-state index >= 15 is 0 Å². The minimum Gasteiger partial charge on any atom is -0.326 e. The summed E-state index contributed by atoms with van der Waals surface area (Å²) < 4.78 is 27.8. The van der Waals surface area contributed by atoms with Gasteiger partial charge in [-0.15, -0.1) is 0 Å². The lowest BCUT2D eigenvalue weighted by atomic mass is 10.2. The molecule has 0 saturated carbocycles. The van der Waals surface area contributed by atoms with Gasteiger partial charge >= 0.3 is 0 Å². The van der Waals surface area contributed by atoms with Crippen LogP contribution in [0.25, 0.3) is 0 Å². The number of H-pyrrole nitrogens is 1. The molecule has 0 spiro atoms. The van der Waals surface area contributed by atoms with Gasteiger partial charge in [0.15, 0.2) is 0 Å². The maximum atomic E-state index is 12.8. The fourth-order valence-corrected chi connectivity index (χ4v) is 4.04. The van der Waals surface area contributed by atoms with Crippen molar-refractivity contribution in [3.05, 3.63) is 93.0 Å². The Balaban J connectivity index is 1.61. The molecule has 0 aliphatic carbocycles. The van der Waals surface area contributed by atoms with Crippen molar-refractivity contribution in [2.24, 2.45) is 0 Å². The van der Waals surface area contributed by atoms with Gasteiger partial charge in [-0.25, -0.2) is 13.1 Å². The lowest BCUT2D eigenvalue weighted by Gasteiger charge is -2.17. The van der Waals surface area contributed by atoms with Crippen molar-refractivity contribution in [2.75, 3.05) is 12.4 Å². The monoisotopic (exact) mass is 442 g/mol. The lowest BCUT2D eigenvalue weighted by Crippen LogP contribution is -2.29. The molecule has 0 fully saturated rings. The van der Waals surface area contributed by atoms with Crippen LogP contribution < -0.4 is 16.4 Å². The molecule has 0 aliphatic heterocycles. The summed E-state index contributed by atoms with van der Waals surface area (Å²) in [5, 5.41) is 4.98. The number of amides is 1. The quantitative estimate of drug-likeness (QED) is 0.546. The van der Waals surface area contributed by atoms with E-state index in [1.54, 1.807) is 0 Å². The van der Waals surface area contributed by atoms with Gasteiger partial charge in [0.1, 0.15) is 0 Å². The van der Waals surface area contributed by atoms with Gasteiger partial charge in [0, 0.05) is 37.8 Å². The van der Waals surface area contributed by atoms with Crippen LogP contribution in [-0.2, 0) is 27.9 Å². The lowest BCUT2D eigenvalue weighted by molar-refractivity contribution is -0.116. The van der Waals surface area contributed by atoms with E-state index in [0.717, 1.165) is 22.4 Å². The number of carbonyl (C=O) groups is 1. The summed E-state index contributed by atoms with van der Waals surface area (Å²) >= 11 is 0. The Kier molecular flexibility index (Phi) is 6.83. The standard InChI is InChI=1S/C21H22N4O5S/c1-24(15-16-5-3-2-4-6-16)31(29,30)18-9-7-17(8-10-18)22-19(26)13-14-25-21(28)12-11-20(27)23-25/h2-12H,13-15H2,1H3,(H,22,26)(H,23,27). The molecule has 0 atom stereocenters. The zero-order valence-electron chi connectivity index (χ0n) is 16.8. The molecule has 3 aromatic rings. The molecule has 1 amide bonds. The molecule has 3 rings (SSSR count). The number of nitrogens with zero attached hydrogens (tertiary/aromatic N) is 2. The molecular weight excluding hydrogens is 420 g/mol. The van der Waals surface area contributed by atoms with E-state index in [1.165, 1.54) is 35.6 Å². The SMILES string of the molecule is CN(Cc1ccccc1)S(=O)(=O)c1ccc(NC(=O)CCn2[nH]c(=O)ccc2=O)cc1. The molecule has 1 heterocycles. The number of aromatic nitrogens is 2. The second kappa shape index (κ2) is 9.54. The van der Waals surface area contributed by atoms with E-state index in [-0.39, 0.29) is 30.3 Å². The average Bonchev–Trinajstić information content (AvgIpc) is 2.75. The molecule has 2 N–H and O–H groups in total. The Hall–Kier alpha value is -3.50. The average molecular weight is 442 g/mol. The van der Waals surface area contributed by atoms with Crippen molar-refractivity contribution < 1.29 is 13.2 Å². The largest absolute Gasteiger partial charge is 0.326 e. The van der Waals surface area contributed by atoms with Gasteiger partial charge in [0.05, 0.1) is 11.4 Å². The van der Waals surface area contributed by atoms with E-state index in [4.69, 9.17) is 0 Å². The first-order valence-corrected chi connectivity index (χ1v) is 10.9. The first-order chi connectivity index (χ1) is 14.8. The molecule has 31 heavy (non-hydrogen) atoms. The highest BCUT2D eigenvalue weighted by atomic mass is 32.2. The zero-order chi connectivity index (χ0) is 22.4. The maximum Gasteiger partial charge on any atom is 0.265 e. The molecule has 0 unspecified atom stereocenters. The van der Waals surface area contributed by atoms with E-state index in [1.807, 2.05) is 30.3 Å². The number of carbonyl (C=O) groups excluding carboxylic acids is 1. The molecule has 2 aromatic carbocycles. The fraction of sp³-hybridized carbons (Fsp3) is 0.190. The van der Waals surface area contributed by atoms with Crippen molar-refractivity contribution in [1.29, 1.82) is 0 Å². The van der Waals surface area contributed by atoms with Crippen LogP contribution in [0, 0.1) is 0 Å². The first-order valence-electron chi connectivity index (χ1n) is 9.46. The Morgan fingerprint density at radius 1 is 1.00 bits per heavy atom. The third-order valence-electron chi connectivity index (χ3n) is 4.55. The van der Waals surface area contributed by atoms with Crippen molar-refractivity contribution in [3.63, 3.8) is 0 Å². The number of anilines is 1. The third kappa shape index (κ3) is 5.77. The van der Waals surface area contributed by atoms with Gasteiger partial charge in [-0.3, -0.25) is 19.5 Å². The fourth-order valence-electron chi connectivity index (χ4n) is 2.88. The second-order valence-electron chi connectivity index (χ2n) is 6.87. The topological polar surface area (TPSA) is 121 Å². The second-order valence-corrected chi connectivity index (χ2v) is 8.91. The molecule has 0 bridgehead atoms. The highest BCUT2D eigenvalue weighted by Gasteiger charge is 2.20. The van der Waals surface area contributed by atoms with Gasteiger partial charge in [0.25, 0.3) is 11.1 Å². The number of benzene rings is 2. The summed E-state index contributed by atoms with van der Waals surface area (Å²) in [4.78, 5) is 35.2. The van der Waals surface area contributed by atoms with Gasteiger partial charge < -0.3 is 5.32 Å². The molecule has 1 aromatic heterocycles. The smallest absolute Gasteiger partial charge is 0.265 e. The highest BCUT2D eigenvalue weighted by molar-refractivity contribution is 7.89. The summed E-state index contributed by atoms with van der Waals surface area (Å²) in [7, 11) is -2.18. The van der Waals surface area contributed by atoms with Crippen molar-refractivity contribution in [1.82, 2.24) is 14.1 Å². The Labute approximate surface area is 179 Å². The number of hydrogen-bond acceptors (Lipinski definition) is 5. The first kappa shape index (κ1) is 22.2. The summed E-state index contributed by atoms with van der Waals surface area (Å²) in [5.74, 6) is -0.381. The van der Waals surface area contributed by atoms with Crippen molar-refractivity contribution in [2.45, 2.75) is 24.4 Å². The molecular formula is C21H22N4O5S. The van der Waals surface area contributed by atoms with Crippen molar-refractivity contribution >= 4 is 21.6 Å². The molecule has 162 valence electrons. The number of nitrogens with one attached hydrogen (secondary N) is 2. The van der Waals surface area contributed by atoms with Crippen LogP contribution in [0.15, 0.2) is 81.2 Å². The molecule has 10 heteroatoms. The predicted molar refractivity (Wildman–Crippen MR) is 116 cm³/mol. The molecule has 0 aliphatic rings. The van der Waals surface area contributed by atoms with E-state index in [2.05, 4.69) is 10.4 Å². The van der Waals surface area contributed by atoms with Crippen molar-refractivity contribution in [3.8, 4) is 0 Å². The Bertz CT molecular complexity index is 1270. The maximum absolute atomic E-state index is 12.8. The molecule has 0 saturated heterocycles. The van der Waals surface area contributed by atoms with E-state index in [9.17, 15) is 22.8 Å². The molecule has 0 radical (unpaired) electrons. The zero-order valence-corrected chi connectivity index (χ0v) is 17.6. The number of aryl methyl sites for hydroxylation is 1. The highest BCUT2D eigenvalue weighted by Crippen LogP contribution is 2.19. The van der Waals surface area contributed by atoms with Gasteiger partial charge in [-0.1, -0.05) is 30.3 Å². The number of aromatic amines is 1. The van der Waals surface area contributed by atoms with Crippen LogP contribution >= 0.6 is 0 Å². The minimum absolute atomic E-state index is 0.0114. The Morgan fingerprint density at radius 3 is 2.35 bits per heavy atom. The summed E-state index contributed by atoms with van der Waals surface area (Å²) in [6.07, 6.45) is -0.0419. The number of sulfonamides is 1. The predicted octanol–water partition coefficient (Wildman–Crippen LogP) is 1.39. The Morgan fingerprint density at radius 2 is 1.68 bits per heavy atom. The van der Waals surface area contributed by atoms with Gasteiger partial charge in [0.2, 0.25) is 15.9 Å².